The minimum Gasteiger partial charge on any atom is -0.459 e. The number of benzene rings is 1. The zero-order valence-electron chi connectivity index (χ0n) is 32.5. The van der Waals surface area contributed by atoms with Gasteiger partial charge in [-0.25, -0.2) is 14.4 Å². The van der Waals surface area contributed by atoms with Gasteiger partial charge in [-0.2, -0.15) is 0 Å². The van der Waals surface area contributed by atoms with Crippen LogP contribution < -0.4 is 0 Å². The van der Waals surface area contributed by atoms with Crippen LogP contribution >= 0.6 is 0 Å². The van der Waals surface area contributed by atoms with E-state index in [2.05, 4.69) is 119 Å². The van der Waals surface area contributed by atoms with Gasteiger partial charge in [-0.1, -0.05) is 0 Å². The van der Waals surface area contributed by atoms with Crippen molar-refractivity contribution in [2.45, 2.75) is 173 Å². The number of nitrogens with zero attached hydrogens (tertiary/aromatic N) is 3. The van der Waals surface area contributed by atoms with E-state index in [0.717, 1.165) is 0 Å². The van der Waals surface area contributed by atoms with Gasteiger partial charge in [-0.05, 0) is 122 Å². The van der Waals surface area contributed by atoms with E-state index in [1.54, 1.807) is 0 Å². The molecular formula is C39H63N3O6. The van der Waals surface area contributed by atoms with Gasteiger partial charge in [0.15, 0.2) is 0 Å². The van der Waals surface area contributed by atoms with Crippen LogP contribution in [0.3, 0.4) is 0 Å². The molecule has 0 aliphatic carbocycles. The molecule has 1 aromatic rings. The van der Waals surface area contributed by atoms with E-state index in [9.17, 15) is 14.4 Å². The van der Waals surface area contributed by atoms with Crippen LogP contribution in [0.2, 0.25) is 0 Å². The summed E-state index contributed by atoms with van der Waals surface area (Å²) in [6.07, 6.45) is 3.03. The molecule has 270 valence electrons. The predicted molar refractivity (Wildman–Crippen MR) is 190 cm³/mol. The molecule has 0 radical (unpaired) electrons. The average molecular weight is 670 g/mol. The smallest absolute Gasteiger partial charge is 0.338 e. The van der Waals surface area contributed by atoms with Crippen LogP contribution in [-0.2, 0) is 14.2 Å². The van der Waals surface area contributed by atoms with Crippen LogP contribution in [0, 0.1) is 0 Å². The number of esters is 3. The Kier molecular flexibility index (Phi) is 10.1. The second-order valence-electron chi connectivity index (χ2n) is 18.7. The molecule has 0 N–H and O–H groups in total. The SMILES string of the molecule is CN1C(C)(C)CC(OC(=O)c2cc(C(=O)OC3CC(C)(C)N(C)C(C)(C)C3)cc(C(=O)OC3CC(C)(C)N(C)C(C)(C)C3)c2)CC1(C)C. The van der Waals surface area contributed by atoms with Crippen molar-refractivity contribution in [2.75, 3.05) is 21.1 Å². The molecule has 9 heteroatoms. The molecule has 0 unspecified atom stereocenters. The Morgan fingerprint density at radius 1 is 0.438 bits per heavy atom. The van der Waals surface area contributed by atoms with Crippen molar-refractivity contribution in [3.8, 4) is 0 Å². The molecule has 3 fully saturated rings. The quantitative estimate of drug-likeness (QED) is 0.232. The molecule has 0 atom stereocenters. The van der Waals surface area contributed by atoms with Gasteiger partial charge in [0.1, 0.15) is 18.3 Å². The van der Waals surface area contributed by atoms with Crippen molar-refractivity contribution in [2.24, 2.45) is 0 Å². The molecule has 3 heterocycles. The normalized spacial score (nSPS) is 26.1. The lowest BCUT2D eigenvalue weighted by Gasteiger charge is -2.53. The highest BCUT2D eigenvalue weighted by Gasteiger charge is 2.47. The Balaban J connectivity index is 1.64. The fourth-order valence-electron chi connectivity index (χ4n) is 8.73. The zero-order valence-corrected chi connectivity index (χ0v) is 32.5. The summed E-state index contributed by atoms with van der Waals surface area (Å²) in [5.74, 6) is -1.70. The first-order valence-corrected chi connectivity index (χ1v) is 17.7. The van der Waals surface area contributed by atoms with Gasteiger partial charge in [0, 0.05) is 71.8 Å². The van der Waals surface area contributed by atoms with E-state index in [1.165, 1.54) is 18.2 Å². The maximum atomic E-state index is 13.8. The Morgan fingerprint density at radius 3 is 0.771 bits per heavy atom. The highest BCUT2D eigenvalue weighted by molar-refractivity contribution is 6.00. The summed E-state index contributed by atoms with van der Waals surface area (Å²) < 4.78 is 18.4. The minimum absolute atomic E-state index is 0.138. The summed E-state index contributed by atoms with van der Waals surface area (Å²) in [5, 5.41) is 0. The Morgan fingerprint density at radius 2 is 0.604 bits per heavy atom. The van der Waals surface area contributed by atoms with Crippen LogP contribution in [-0.4, -0.2) is 105 Å². The van der Waals surface area contributed by atoms with Crippen molar-refractivity contribution < 1.29 is 28.6 Å². The van der Waals surface area contributed by atoms with Crippen LogP contribution in [0.25, 0.3) is 0 Å². The van der Waals surface area contributed by atoms with E-state index in [4.69, 9.17) is 14.2 Å². The molecule has 3 saturated heterocycles. The summed E-state index contributed by atoms with van der Waals surface area (Å²) in [4.78, 5) is 48.4. The van der Waals surface area contributed by atoms with E-state index >= 15 is 0 Å². The highest BCUT2D eigenvalue weighted by atomic mass is 16.6. The Labute approximate surface area is 290 Å². The van der Waals surface area contributed by atoms with Crippen molar-refractivity contribution in [1.82, 2.24) is 14.7 Å². The first kappa shape index (κ1) is 38.3. The maximum Gasteiger partial charge on any atom is 0.338 e. The lowest BCUT2D eigenvalue weighted by atomic mass is 9.78. The topological polar surface area (TPSA) is 88.6 Å². The lowest BCUT2D eigenvalue weighted by molar-refractivity contribution is -0.0736. The molecule has 0 amide bonds. The van der Waals surface area contributed by atoms with Gasteiger partial charge in [-0.15, -0.1) is 0 Å². The molecule has 4 rings (SSSR count). The minimum atomic E-state index is -0.567. The zero-order chi connectivity index (χ0) is 36.4. The molecule has 0 aromatic heterocycles. The van der Waals surface area contributed by atoms with Crippen molar-refractivity contribution >= 4 is 17.9 Å². The third-order valence-corrected chi connectivity index (χ3v) is 12.3. The Hall–Kier alpha value is -2.49. The molecule has 9 nitrogen and oxygen atoms in total. The molecule has 3 aliphatic rings. The standard InChI is InChI=1S/C39H63N3O6/c1-34(2)19-28(20-35(3,4)40(34)13)46-31(43)25-16-26(32(44)47-29-21-36(5,6)41(14)37(7,8)22-29)18-27(17-25)33(45)48-30-23-38(9,10)42(15)39(11,12)24-30/h16-18,28-30H,19-24H2,1-15H3. The molecular weight excluding hydrogens is 606 g/mol. The second kappa shape index (κ2) is 12.7. The number of likely N-dealkylation sites (tertiary alicyclic amines) is 3. The van der Waals surface area contributed by atoms with Crippen LogP contribution in [0.4, 0.5) is 0 Å². The highest BCUT2D eigenvalue weighted by Crippen LogP contribution is 2.41. The van der Waals surface area contributed by atoms with E-state index in [-0.39, 0.29) is 68.2 Å². The van der Waals surface area contributed by atoms with Gasteiger partial charge in [0.25, 0.3) is 0 Å². The summed E-state index contributed by atoms with van der Waals surface area (Å²) in [5.41, 5.74) is -0.678. The van der Waals surface area contributed by atoms with Gasteiger partial charge in [0.2, 0.25) is 0 Å². The van der Waals surface area contributed by atoms with E-state index < -0.39 is 17.9 Å². The van der Waals surface area contributed by atoms with E-state index in [1.807, 2.05) is 0 Å². The van der Waals surface area contributed by atoms with Gasteiger partial charge in [0.05, 0.1) is 16.7 Å². The monoisotopic (exact) mass is 669 g/mol. The fourth-order valence-corrected chi connectivity index (χ4v) is 8.73. The number of rotatable bonds is 6. The number of carbonyl (C=O) groups is 3. The number of carbonyl (C=O) groups excluding carboxylic acids is 3. The fraction of sp³-hybridized carbons (Fsp3) is 0.769. The number of ether oxygens (including phenoxy) is 3. The van der Waals surface area contributed by atoms with Crippen LogP contribution in [0.5, 0.6) is 0 Å². The number of hydrogen-bond acceptors (Lipinski definition) is 9. The average Bonchev–Trinajstić information content (AvgIpc) is 2.92. The largest absolute Gasteiger partial charge is 0.459 e. The van der Waals surface area contributed by atoms with Crippen LogP contribution in [0.15, 0.2) is 18.2 Å². The summed E-state index contributed by atoms with van der Waals surface area (Å²) >= 11 is 0. The molecule has 0 spiro atoms. The van der Waals surface area contributed by atoms with Crippen molar-refractivity contribution in [3.05, 3.63) is 34.9 Å². The third-order valence-electron chi connectivity index (χ3n) is 12.3. The summed E-state index contributed by atoms with van der Waals surface area (Å²) in [6, 6.07) is 4.50. The maximum absolute atomic E-state index is 13.8. The molecule has 0 saturated carbocycles. The number of hydrogen-bond donors (Lipinski definition) is 0. The molecule has 1 aromatic carbocycles. The van der Waals surface area contributed by atoms with Gasteiger partial charge >= 0.3 is 17.9 Å². The van der Waals surface area contributed by atoms with Crippen LogP contribution in [0.1, 0.15) is 153 Å². The van der Waals surface area contributed by atoms with E-state index in [0.29, 0.717) is 38.5 Å². The molecule has 48 heavy (non-hydrogen) atoms. The first-order valence-electron chi connectivity index (χ1n) is 17.7. The van der Waals surface area contributed by atoms with Crippen molar-refractivity contribution in [3.63, 3.8) is 0 Å². The van der Waals surface area contributed by atoms with Gasteiger partial charge in [-0.3, -0.25) is 14.7 Å². The van der Waals surface area contributed by atoms with Gasteiger partial charge < -0.3 is 14.2 Å². The molecule has 0 bridgehead atoms. The lowest BCUT2D eigenvalue weighted by Crippen LogP contribution is -2.60. The van der Waals surface area contributed by atoms with Crippen molar-refractivity contribution in [1.29, 1.82) is 0 Å². The summed E-state index contributed by atoms with van der Waals surface area (Å²) in [6.45, 7) is 25.8. The molecule has 3 aliphatic heterocycles. The first-order chi connectivity index (χ1) is 21.7. The summed E-state index contributed by atoms with van der Waals surface area (Å²) in [7, 11) is 6.30. The Bertz CT molecular complexity index is 1180. The second-order valence-corrected chi connectivity index (χ2v) is 18.7. The predicted octanol–water partition coefficient (Wildman–Crippen LogP) is 7.11. The third kappa shape index (κ3) is 7.94. The number of piperidine rings is 3.